The van der Waals surface area contributed by atoms with Crippen LogP contribution in [0.3, 0.4) is 0 Å². The third kappa shape index (κ3) is 3.08. The van der Waals surface area contributed by atoms with Crippen LogP contribution in [0.2, 0.25) is 0 Å². The van der Waals surface area contributed by atoms with Crippen LogP contribution >= 0.6 is 0 Å². The van der Waals surface area contributed by atoms with Crippen molar-refractivity contribution in [2.75, 3.05) is 25.6 Å². The molecule has 0 saturated carbocycles. The van der Waals surface area contributed by atoms with Gasteiger partial charge in [-0.15, -0.1) is 0 Å². The molecule has 0 aromatic heterocycles. The quantitative estimate of drug-likeness (QED) is 0.659. The van der Waals surface area contributed by atoms with Gasteiger partial charge in [0.25, 0.3) is 5.91 Å². The fraction of sp³-hybridized carbons (Fsp3) is 0.875. The van der Waals surface area contributed by atoms with Crippen molar-refractivity contribution in [2.24, 2.45) is 16.2 Å². The molecule has 76 valence electrons. The minimum Gasteiger partial charge on any atom is -0.316 e. The Labute approximate surface area is 79.3 Å². The van der Waals surface area contributed by atoms with Gasteiger partial charge in [-0.25, -0.2) is 4.21 Å². The van der Waals surface area contributed by atoms with Crippen molar-refractivity contribution < 1.29 is 9.00 Å². The highest BCUT2D eigenvalue weighted by molar-refractivity contribution is 7.92. The summed E-state index contributed by atoms with van der Waals surface area (Å²) in [5, 5.41) is 3.12. The van der Waals surface area contributed by atoms with Gasteiger partial charge in [0.15, 0.2) is 0 Å². The molecule has 1 N–H and O–H groups in total. The molecule has 1 fully saturated rings. The van der Waals surface area contributed by atoms with Crippen LogP contribution in [0.25, 0.3) is 0 Å². The van der Waals surface area contributed by atoms with Gasteiger partial charge in [-0.1, -0.05) is 6.92 Å². The maximum absolute atomic E-state index is 11.5. The van der Waals surface area contributed by atoms with Crippen molar-refractivity contribution in [1.29, 1.82) is 0 Å². The van der Waals surface area contributed by atoms with Crippen LogP contribution in [-0.4, -0.2) is 35.7 Å². The first-order valence-corrected chi connectivity index (χ1v) is 6.65. The standard InChI is InChI=1S/C8H16N2O2S/c1-6-4-9-5-7(6)8(11)10-13(2,3)12/h6-7,9H,4-5H2,1-3H3. The van der Waals surface area contributed by atoms with Gasteiger partial charge in [0.1, 0.15) is 0 Å². The summed E-state index contributed by atoms with van der Waals surface area (Å²) >= 11 is 0. The zero-order chi connectivity index (χ0) is 10.1. The number of rotatable bonds is 1. The van der Waals surface area contributed by atoms with E-state index in [0.717, 1.165) is 6.54 Å². The smallest absolute Gasteiger partial charge is 0.258 e. The first-order chi connectivity index (χ1) is 5.90. The Hall–Kier alpha value is -0.420. The van der Waals surface area contributed by atoms with E-state index in [1.807, 2.05) is 6.92 Å². The summed E-state index contributed by atoms with van der Waals surface area (Å²) in [6.45, 7) is 3.52. The first kappa shape index (κ1) is 10.7. The molecule has 0 aromatic rings. The molecular formula is C8H16N2O2S. The number of nitrogens with zero attached hydrogens (tertiary/aromatic N) is 1. The first-order valence-electron chi connectivity index (χ1n) is 4.32. The predicted octanol–water partition coefficient (Wildman–Crippen LogP) is 0.0961. The van der Waals surface area contributed by atoms with Crippen LogP contribution in [0.1, 0.15) is 6.92 Å². The van der Waals surface area contributed by atoms with E-state index < -0.39 is 9.73 Å². The van der Waals surface area contributed by atoms with E-state index in [2.05, 4.69) is 9.68 Å². The molecule has 0 bridgehead atoms. The van der Waals surface area contributed by atoms with Gasteiger partial charge in [0.2, 0.25) is 0 Å². The zero-order valence-electron chi connectivity index (χ0n) is 8.24. The van der Waals surface area contributed by atoms with Crippen LogP contribution in [0.5, 0.6) is 0 Å². The van der Waals surface area contributed by atoms with Crippen molar-refractivity contribution in [3.05, 3.63) is 0 Å². The van der Waals surface area contributed by atoms with Crippen molar-refractivity contribution in [2.45, 2.75) is 6.92 Å². The molecule has 4 nitrogen and oxygen atoms in total. The third-order valence-corrected chi connectivity index (χ3v) is 2.76. The summed E-state index contributed by atoms with van der Waals surface area (Å²) in [5.74, 6) is 0.00576. The Morgan fingerprint density at radius 2 is 2.08 bits per heavy atom. The third-order valence-electron chi connectivity index (χ3n) is 2.14. The molecule has 1 saturated heterocycles. The summed E-state index contributed by atoms with van der Waals surface area (Å²) in [5.41, 5.74) is 0. The molecule has 0 spiro atoms. The molecule has 1 aliphatic heterocycles. The lowest BCUT2D eigenvalue weighted by atomic mass is 9.98. The van der Waals surface area contributed by atoms with Crippen LogP contribution in [-0.2, 0) is 14.5 Å². The van der Waals surface area contributed by atoms with Gasteiger partial charge in [-0.3, -0.25) is 4.79 Å². The van der Waals surface area contributed by atoms with Crippen LogP contribution in [0, 0.1) is 11.8 Å². The normalized spacial score (nSPS) is 28.8. The highest BCUT2D eigenvalue weighted by Gasteiger charge is 2.29. The number of hydrogen-bond acceptors (Lipinski definition) is 3. The molecule has 1 amide bonds. The maximum atomic E-state index is 11.5. The van der Waals surface area contributed by atoms with E-state index in [1.165, 1.54) is 12.5 Å². The van der Waals surface area contributed by atoms with Gasteiger partial charge in [-0.2, -0.15) is 4.36 Å². The predicted molar refractivity (Wildman–Crippen MR) is 52.9 cm³/mol. The Balaban J connectivity index is 2.74. The van der Waals surface area contributed by atoms with Crippen molar-refractivity contribution in [3.8, 4) is 0 Å². The number of hydrogen-bond donors (Lipinski definition) is 1. The monoisotopic (exact) mass is 204 g/mol. The van der Waals surface area contributed by atoms with Gasteiger partial charge < -0.3 is 5.32 Å². The SMILES string of the molecule is CC1CNCC1C(=O)N=S(C)(C)=O. The van der Waals surface area contributed by atoms with E-state index in [0.29, 0.717) is 12.5 Å². The topological polar surface area (TPSA) is 58.5 Å². The summed E-state index contributed by atoms with van der Waals surface area (Å²) in [6.07, 6.45) is 2.97. The molecular weight excluding hydrogens is 188 g/mol. The Morgan fingerprint density at radius 1 is 1.46 bits per heavy atom. The van der Waals surface area contributed by atoms with Gasteiger partial charge in [0, 0.05) is 28.8 Å². The lowest BCUT2D eigenvalue weighted by Crippen LogP contribution is -2.20. The Kier molecular flexibility index (Phi) is 3.08. The van der Waals surface area contributed by atoms with E-state index in [4.69, 9.17) is 0 Å². The van der Waals surface area contributed by atoms with Crippen LogP contribution in [0.15, 0.2) is 4.36 Å². The largest absolute Gasteiger partial charge is 0.316 e. The molecule has 1 rings (SSSR count). The second-order valence-electron chi connectivity index (χ2n) is 3.85. The number of carbonyl (C=O) groups excluding carboxylic acids is 1. The average Bonchev–Trinajstić information content (AvgIpc) is 2.30. The second kappa shape index (κ2) is 3.75. The maximum Gasteiger partial charge on any atom is 0.258 e. The van der Waals surface area contributed by atoms with Crippen LogP contribution < -0.4 is 5.32 Å². The summed E-state index contributed by atoms with van der Waals surface area (Å²) in [7, 11) is -2.29. The molecule has 0 radical (unpaired) electrons. The van der Waals surface area contributed by atoms with Crippen molar-refractivity contribution in [1.82, 2.24) is 5.32 Å². The van der Waals surface area contributed by atoms with E-state index in [1.54, 1.807) is 0 Å². The van der Waals surface area contributed by atoms with Crippen molar-refractivity contribution in [3.63, 3.8) is 0 Å². The van der Waals surface area contributed by atoms with Crippen LogP contribution in [0.4, 0.5) is 0 Å². The highest BCUT2D eigenvalue weighted by atomic mass is 32.2. The van der Waals surface area contributed by atoms with E-state index in [-0.39, 0.29) is 11.8 Å². The zero-order valence-corrected chi connectivity index (χ0v) is 9.06. The summed E-state index contributed by atoms with van der Waals surface area (Å²) < 4.78 is 14.9. The molecule has 5 heteroatoms. The Bertz CT molecular complexity index is 310. The van der Waals surface area contributed by atoms with Gasteiger partial charge in [0.05, 0.1) is 5.92 Å². The number of nitrogens with one attached hydrogen (secondary N) is 1. The molecule has 2 unspecified atom stereocenters. The summed E-state index contributed by atoms with van der Waals surface area (Å²) in [6, 6.07) is 0. The number of amides is 1. The fourth-order valence-electron chi connectivity index (χ4n) is 1.43. The van der Waals surface area contributed by atoms with E-state index in [9.17, 15) is 9.00 Å². The van der Waals surface area contributed by atoms with Gasteiger partial charge in [-0.05, 0) is 12.5 Å². The van der Waals surface area contributed by atoms with Gasteiger partial charge >= 0.3 is 0 Å². The molecule has 2 atom stereocenters. The minimum absolute atomic E-state index is 0.0827. The lowest BCUT2D eigenvalue weighted by Gasteiger charge is -2.08. The molecule has 1 heterocycles. The molecule has 13 heavy (non-hydrogen) atoms. The van der Waals surface area contributed by atoms with E-state index >= 15 is 0 Å². The lowest BCUT2D eigenvalue weighted by molar-refractivity contribution is -0.121. The second-order valence-corrected chi connectivity index (χ2v) is 6.40. The van der Waals surface area contributed by atoms with Crippen molar-refractivity contribution >= 4 is 15.6 Å². The fourth-order valence-corrected chi connectivity index (χ4v) is 1.99. The molecule has 0 aromatic carbocycles. The minimum atomic E-state index is -2.29. The number of carbonyl (C=O) groups is 1. The Morgan fingerprint density at radius 3 is 2.46 bits per heavy atom. The average molecular weight is 204 g/mol. The molecule has 1 aliphatic rings. The molecule has 0 aliphatic carbocycles. The summed E-state index contributed by atoms with van der Waals surface area (Å²) in [4.78, 5) is 11.5. The highest BCUT2D eigenvalue weighted by Crippen LogP contribution is 2.17.